The number of benzene rings is 6. The molecule has 0 nitrogen and oxygen atoms in total. The molecule has 0 amide bonds. The minimum Gasteiger partial charge on any atom is -0.0763 e. The molecule has 2 aliphatic carbocycles. The van der Waals surface area contributed by atoms with Crippen molar-refractivity contribution in [3.63, 3.8) is 0 Å². The Kier molecular flexibility index (Phi) is 7.81. The van der Waals surface area contributed by atoms with Gasteiger partial charge in [0.2, 0.25) is 0 Å². The molecule has 2 atom stereocenters. The van der Waals surface area contributed by atoms with Crippen LogP contribution in [-0.2, 0) is 0 Å². The highest BCUT2D eigenvalue weighted by Gasteiger charge is 2.29. The molecular formula is C48H42. The van der Waals surface area contributed by atoms with Crippen molar-refractivity contribution >= 4 is 23.8 Å². The minimum atomic E-state index is 0.257. The normalized spacial score (nSPS) is 16.6. The molecule has 0 heterocycles. The van der Waals surface area contributed by atoms with E-state index in [0.717, 1.165) is 12.8 Å². The lowest BCUT2D eigenvalue weighted by molar-refractivity contribution is 0.670. The van der Waals surface area contributed by atoms with Crippen LogP contribution in [0.5, 0.6) is 0 Å². The summed E-state index contributed by atoms with van der Waals surface area (Å²) >= 11 is 0. The highest BCUT2D eigenvalue weighted by Crippen LogP contribution is 2.41. The SMILES string of the molecule is Cc1c(-c2ccccc2)cccc1-c1cc2c(c(C3=c4ccccc4=C[C@H](c4cccc(-c5ccccc5)c4C)C3C)c1C)=CCCC=2. The van der Waals surface area contributed by atoms with E-state index in [0.29, 0.717) is 0 Å². The second-order valence-electron chi connectivity index (χ2n) is 13.6. The summed E-state index contributed by atoms with van der Waals surface area (Å²) in [5, 5.41) is 5.48. The highest BCUT2D eigenvalue weighted by molar-refractivity contribution is 5.85. The van der Waals surface area contributed by atoms with Crippen molar-refractivity contribution in [3.05, 3.63) is 176 Å². The smallest absolute Gasteiger partial charge is 0.00965 e. The van der Waals surface area contributed by atoms with Gasteiger partial charge in [-0.25, -0.2) is 0 Å². The minimum absolute atomic E-state index is 0.257. The molecule has 6 aromatic rings. The Morgan fingerprint density at radius 3 is 1.83 bits per heavy atom. The van der Waals surface area contributed by atoms with Crippen LogP contribution in [0.1, 0.15) is 53.5 Å². The summed E-state index contributed by atoms with van der Waals surface area (Å²) in [7, 11) is 0. The molecule has 0 saturated heterocycles. The van der Waals surface area contributed by atoms with Gasteiger partial charge < -0.3 is 0 Å². The summed E-state index contributed by atoms with van der Waals surface area (Å²) in [5.74, 6) is 0.544. The molecule has 48 heavy (non-hydrogen) atoms. The molecule has 0 aliphatic heterocycles. The maximum Gasteiger partial charge on any atom is 0.00965 e. The molecule has 0 aromatic heterocycles. The predicted octanol–water partition coefficient (Wildman–Crippen LogP) is 9.38. The molecule has 2 aliphatic rings. The third kappa shape index (κ3) is 5.08. The molecule has 0 saturated carbocycles. The van der Waals surface area contributed by atoms with E-state index < -0.39 is 0 Å². The first-order chi connectivity index (χ1) is 23.5. The topological polar surface area (TPSA) is 0 Å². The second-order valence-corrected chi connectivity index (χ2v) is 13.6. The van der Waals surface area contributed by atoms with Gasteiger partial charge in [-0.3, -0.25) is 0 Å². The lowest BCUT2D eigenvalue weighted by Gasteiger charge is -2.32. The van der Waals surface area contributed by atoms with Gasteiger partial charge in [-0.15, -0.1) is 0 Å². The number of rotatable bonds is 5. The first-order valence-corrected chi connectivity index (χ1v) is 17.5. The summed E-state index contributed by atoms with van der Waals surface area (Å²) in [6.07, 6.45) is 9.68. The van der Waals surface area contributed by atoms with Gasteiger partial charge in [0.25, 0.3) is 0 Å². The standard InChI is InChI=1S/C48H42/c1-31-39(35-17-7-5-8-18-35)25-15-27-41(31)45-29-37-21-11-13-23-43(37)47(33(45)3)48-34(4)46(30-38-22-12-14-24-44(38)48)42-28-16-26-40(32(42)2)36-19-9-6-10-20-36/h5-11,13,15-30,33,45H,12,14H2,1-4H3/t33?,45-/m0/s1. The zero-order valence-electron chi connectivity index (χ0n) is 28.4. The Morgan fingerprint density at radius 2 is 1.10 bits per heavy atom. The number of hydrogen-bond donors (Lipinski definition) is 0. The van der Waals surface area contributed by atoms with Gasteiger partial charge in [-0.1, -0.05) is 146 Å². The fourth-order valence-corrected chi connectivity index (χ4v) is 8.48. The Hall–Kier alpha value is -5.20. The Bertz CT molecular complexity index is 2430. The lowest BCUT2D eigenvalue weighted by Crippen LogP contribution is -2.40. The van der Waals surface area contributed by atoms with Crippen molar-refractivity contribution in [1.82, 2.24) is 0 Å². The fraction of sp³-hybridized carbons (Fsp3) is 0.167. The third-order valence-electron chi connectivity index (χ3n) is 10.9. The summed E-state index contributed by atoms with van der Waals surface area (Å²) < 4.78 is 0. The van der Waals surface area contributed by atoms with Crippen LogP contribution in [0.4, 0.5) is 0 Å². The van der Waals surface area contributed by atoms with Gasteiger partial charge in [-0.05, 0) is 133 Å². The van der Waals surface area contributed by atoms with E-state index >= 15 is 0 Å². The maximum atomic E-state index is 2.54. The van der Waals surface area contributed by atoms with Crippen LogP contribution in [-0.4, -0.2) is 0 Å². The highest BCUT2D eigenvalue weighted by atomic mass is 14.3. The van der Waals surface area contributed by atoms with Crippen molar-refractivity contribution in [3.8, 4) is 33.4 Å². The van der Waals surface area contributed by atoms with E-state index in [-0.39, 0.29) is 11.8 Å². The van der Waals surface area contributed by atoms with Crippen molar-refractivity contribution in [1.29, 1.82) is 0 Å². The van der Waals surface area contributed by atoms with Crippen LogP contribution in [0.3, 0.4) is 0 Å². The van der Waals surface area contributed by atoms with Gasteiger partial charge in [0.05, 0.1) is 0 Å². The van der Waals surface area contributed by atoms with Crippen LogP contribution in [0.25, 0.3) is 57.2 Å². The summed E-state index contributed by atoms with van der Waals surface area (Å²) in [5.41, 5.74) is 16.2. The molecule has 0 N–H and O–H groups in total. The molecule has 0 spiro atoms. The van der Waals surface area contributed by atoms with Crippen molar-refractivity contribution in [2.24, 2.45) is 5.92 Å². The average Bonchev–Trinajstić information content (AvgIpc) is 3.13. The molecule has 0 fully saturated rings. The van der Waals surface area contributed by atoms with Gasteiger partial charge in [0, 0.05) is 5.92 Å². The van der Waals surface area contributed by atoms with Crippen molar-refractivity contribution in [2.45, 2.75) is 46.5 Å². The van der Waals surface area contributed by atoms with Crippen LogP contribution in [0.15, 0.2) is 127 Å². The van der Waals surface area contributed by atoms with E-state index in [1.165, 1.54) is 87.6 Å². The molecule has 1 unspecified atom stereocenters. The quantitative estimate of drug-likeness (QED) is 0.181. The van der Waals surface area contributed by atoms with Crippen LogP contribution < -0.4 is 20.9 Å². The molecule has 0 radical (unpaired) electrons. The molecule has 8 rings (SSSR count). The van der Waals surface area contributed by atoms with Crippen LogP contribution in [0, 0.1) is 26.7 Å². The number of hydrogen-bond acceptors (Lipinski definition) is 0. The second kappa shape index (κ2) is 12.4. The third-order valence-corrected chi connectivity index (χ3v) is 10.9. The molecule has 0 heteroatoms. The first-order valence-electron chi connectivity index (χ1n) is 17.5. The zero-order chi connectivity index (χ0) is 32.8. The van der Waals surface area contributed by atoms with Crippen molar-refractivity contribution in [2.75, 3.05) is 0 Å². The molecule has 0 bridgehead atoms. The van der Waals surface area contributed by atoms with E-state index in [2.05, 4.69) is 173 Å². The average molecular weight is 619 g/mol. The van der Waals surface area contributed by atoms with Gasteiger partial charge in [0.15, 0.2) is 0 Å². The summed E-state index contributed by atoms with van der Waals surface area (Å²) in [6, 6.07) is 46.9. The maximum absolute atomic E-state index is 2.54. The first kappa shape index (κ1) is 30.2. The Balaban J connectivity index is 1.37. The van der Waals surface area contributed by atoms with Crippen LogP contribution >= 0.6 is 0 Å². The van der Waals surface area contributed by atoms with Gasteiger partial charge in [0.1, 0.15) is 0 Å². The Labute approximate surface area is 284 Å². The largest absolute Gasteiger partial charge is 0.0763 e. The van der Waals surface area contributed by atoms with E-state index in [1.807, 2.05) is 0 Å². The summed E-state index contributed by atoms with van der Waals surface area (Å²) in [6.45, 7) is 9.45. The monoisotopic (exact) mass is 618 g/mol. The Morgan fingerprint density at radius 1 is 0.500 bits per heavy atom. The van der Waals surface area contributed by atoms with Crippen molar-refractivity contribution < 1.29 is 0 Å². The van der Waals surface area contributed by atoms with Gasteiger partial charge >= 0.3 is 0 Å². The van der Waals surface area contributed by atoms with E-state index in [4.69, 9.17) is 0 Å². The van der Waals surface area contributed by atoms with E-state index in [9.17, 15) is 0 Å². The van der Waals surface area contributed by atoms with Crippen LogP contribution in [0.2, 0.25) is 0 Å². The van der Waals surface area contributed by atoms with E-state index in [1.54, 1.807) is 0 Å². The zero-order valence-corrected chi connectivity index (χ0v) is 28.4. The summed E-state index contributed by atoms with van der Waals surface area (Å²) in [4.78, 5) is 0. The molecule has 234 valence electrons. The lowest BCUT2D eigenvalue weighted by atomic mass is 9.72. The predicted molar refractivity (Wildman–Crippen MR) is 205 cm³/mol. The van der Waals surface area contributed by atoms with Gasteiger partial charge in [-0.2, -0.15) is 0 Å². The fourth-order valence-electron chi connectivity index (χ4n) is 8.48. The molecular weight excluding hydrogens is 577 g/mol. The number of fused-ring (bicyclic) bond motifs is 2. The molecule has 6 aromatic carbocycles.